The van der Waals surface area contributed by atoms with E-state index in [0.29, 0.717) is 11.4 Å². The van der Waals surface area contributed by atoms with Crippen LogP contribution in [0.3, 0.4) is 0 Å². The van der Waals surface area contributed by atoms with Crippen molar-refractivity contribution in [2.24, 2.45) is 0 Å². The molecule has 0 saturated heterocycles. The number of halogens is 6. The van der Waals surface area contributed by atoms with Gasteiger partial charge in [-0.15, -0.1) is 0 Å². The third-order valence-electron chi connectivity index (χ3n) is 4.96. The van der Waals surface area contributed by atoms with Crippen molar-refractivity contribution in [1.29, 1.82) is 0 Å². The second kappa shape index (κ2) is 8.98. The van der Waals surface area contributed by atoms with Crippen molar-refractivity contribution < 1.29 is 47.4 Å². The van der Waals surface area contributed by atoms with Crippen LogP contribution in [0.5, 0.6) is 0 Å². The van der Waals surface area contributed by atoms with Crippen LogP contribution < -0.4 is 10.2 Å². The van der Waals surface area contributed by atoms with E-state index in [4.69, 9.17) is 0 Å². The van der Waals surface area contributed by atoms with E-state index in [0.717, 1.165) is 12.1 Å². The molecule has 4 rings (SSSR count). The van der Waals surface area contributed by atoms with Gasteiger partial charge in [-0.1, -0.05) is 23.5 Å². The van der Waals surface area contributed by atoms with E-state index in [9.17, 15) is 26.3 Å². The number of nitrogens with zero attached hydrogens (tertiary/aromatic N) is 6. The van der Waals surface area contributed by atoms with Crippen LogP contribution in [0.4, 0.5) is 26.3 Å². The van der Waals surface area contributed by atoms with Gasteiger partial charge in [0.05, 0.1) is 11.4 Å². The van der Waals surface area contributed by atoms with Crippen LogP contribution in [0.2, 0.25) is 0 Å². The normalized spacial score (nSPS) is 12.5. The number of aromatic nitrogens is 6. The van der Waals surface area contributed by atoms with E-state index in [1.807, 2.05) is 0 Å². The number of hydrogen-bond donors (Lipinski definition) is 0. The summed E-state index contributed by atoms with van der Waals surface area (Å²) in [4.78, 5) is 8.88. The maximum absolute atomic E-state index is 12.8. The van der Waals surface area contributed by atoms with Crippen LogP contribution in [0.1, 0.15) is 36.6 Å². The van der Waals surface area contributed by atoms with Gasteiger partial charge >= 0.3 is 33.4 Å². The minimum atomic E-state index is -4.62. The van der Waals surface area contributed by atoms with E-state index >= 15 is 0 Å². The Balaban J connectivity index is 0.00000324. The molecular formula is C21H14F6N6Pt. The van der Waals surface area contributed by atoms with Gasteiger partial charge in [-0.3, -0.25) is 9.97 Å². The maximum Gasteiger partial charge on any atom is 2.00 e. The Kier molecular flexibility index (Phi) is 6.76. The topological polar surface area (TPSA) is 79.8 Å². The van der Waals surface area contributed by atoms with Crippen LogP contribution in [0, 0.1) is 0 Å². The number of alkyl halides is 6. The first kappa shape index (κ1) is 25.6. The van der Waals surface area contributed by atoms with E-state index in [1.165, 1.54) is 12.1 Å². The van der Waals surface area contributed by atoms with Gasteiger partial charge in [-0.2, -0.15) is 26.3 Å². The van der Waals surface area contributed by atoms with Crippen molar-refractivity contribution in [2.75, 3.05) is 0 Å². The summed E-state index contributed by atoms with van der Waals surface area (Å²) in [5.74, 6) is 0. The molecule has 13 heteroatoms. The van der Waals surface area contributed by atoms with Gasteiger partial charge in [-0.05, 0) is 50.2 Å². The SMILES string of the molecule is CC(C)(c1cccc(-c2cc(C(F)(F)F)n[n-]2)n1)c1cccc(-c2cc(C(F)(F)F)n[n-]2)n1.[Pt+2]. The molecule has 0 radical (unpaired) electrons. The number of hydrogen-bond acceptors (Lipinski definition) is 4. The van der Waals surface area contributed by atoms with Crippen LogP contribution in [0.25, 0.3) is 22.8 Å². The molecule has 34 heavy (non-hydrogen) atoms. The molecule has 0 aliphatic rings. The zero-order valence-corrected chi connectivity index (χ0v) is 19.7. The summed E-state index contributed by atoms with van der Waals surface area (Å²) >= 11 is 0. The average molecular weight is 659 g/mol. The maximum atomic E-state index is 12.8. The Bertz CT molecular complexity index is 1190. The molecule has 0 aliphatic carbocycles. The third kappa shape index (κ3) is 5.06. The van der Waals surface area contributed by atoms with Gasteiger partial charge in [0, 0.05) is 16.8 Å². The Morgan fingerprint density at radius 2 is 1.00 bits per heavy atom. The van der Waals surface area contributed by atoms with Gasteiger partial charge in [0.15, 0.2) is 0 Å². The summed E-state index contributed by atoms with van der Waals surface area (Å²) < 4.78 is 77.1. The minimum absolute atomic E-state index is 0. The van der Waals surface area contributed by atoms with Gasteiger partial charge in [-0.25, -0.2) is 0 Å². The molecule has 4 aromatic rings. The van der Waals surface area contributed by atoms with Crippen LogP contribution in [-0.4, -0.2) is 20.2 Å². The molecule has 0 atom stereocenters. The third-order valence-corrected chi connectivity index (χ3v) is 4.96. The molecule has 0 aromatic carbocycles. The predicted molar refractivity (Wildman–Crippen MR) is 104 cm³/mol. The van der Waals surface area contributed by atoms with E-state index < -0.39 is 29.2 Å². The van der Waals surface area contributed by atoms with E-state index in [1.54, 1.807) is 38.1 Å². The van der Waals surface area contributed by atoms with Crippen molar-refractivity contribution >= 4 is 0 Å². The summed E-state index contributed by atoms with van der Waals surface area (Å²) in [6, 6.07) is 11.2. The standard InChI is InChI=1S/C21H14F6N6.Pt/c1-19(2,15-7-3-5-11(28-15)13-9-17(32-30-13)20(22,23)24)16-8-4-6-12(29-16)14-10-18(33-31-14)21(25,26)27;/h3-10H,1-2H3;/q-2;+2. The van der Waals surface area contributed by atoms with Crippen molar-refractivity contribution in [3.05, 3.63) is 71.3 Å². The summed E-state index contributed by atoms with van der Waals surface area (Å²) in [6.07, 6.45) is -9.25. The molecule has 0 unspecified atom stereocenters. The Hall–Kier alpha value is -3.01. The van der Waals surface area contributed by atoms with Crippen molar-refractivity contribution in [1.82, 2.24) is 30.4 Å². The molecule has 0 saturated carbocycles. The summed E-state index contributed by atoms with van der Waals surface area (Å²) in [7, 11) is 0. The van der Waals surface area contributed by atoms with Crippen molar-refractivity contribution in [3.8, 4) is 22.8 Å². The largest absolute Gasteiger partial charge is 2.00 e. The predicted octanol–water partition coefficient (Wildman–Crippen LogP) is 4.88. The van der Waals surface area contributed by atoms with Gasteiger partial charge in [0.25, 0.3) is 0 Å². The first-order valence-corrected chi connectivity index (χ1v) is 9.47. The smallest absolute Gasteiger partial charge is 0.573 e. The molecule has 4 heterocycles. The molecule has 0 N–H and O–H groups in total. The van der Waals surface area contributed by atoms with E-state index in [2.05, 4.69) is 30.4 Å². The first-order chi connectivity index (χ1) is 15.4. The molecule has 0 fully saturated rings. The van der Waals surface area contributed by atoms with Crippen LogP contribution in [0.15, 0.2) is 48.5 Å². The zero-order chi connectivity index (χ0) is 24.0. The Morgan fingerprint density at radius 1 is 0.618 bits per heavy atom. The molecule has 0 aliphatic heterocycles. The summed E-state index contributed by atoms with van der Waals surface area (Å²) in [5.41, 5.74) is -1.85. The van der Waals surface area contributed by atoms with Gasteiger partial charge in [0.2, 0.25) is 0 Å². The second-order valence-corrected chi connectivity index (χ2v) is 7.67. The number of rotatable bonds is 4. The van der Waals surface area contributed by atoms with Crippen LogP contribution >= 0.6 is 0 Å². The first-order valence-electron chi connectivity index (χ1n) is 9.47. The zero-order valence-electron chi connectivity index (χ0n) is 17.4. The van der Waals surface area contributed by atoms with Gasteiger partial charge in [0.1, 0.15) is 11.4 Å². The molecule has 180 valence electrons. The average Bonchev–Trinajstić information content (AvgIpc) is 3.44. The molecule has 4 aromatic heterocycles. The molecule has 0 bridgehead atoms. The second-order valence-electron chi connectivity index (χ2n) is 7.67. The molecule has 6 nitrogen and oxygen atoms in total. The quantitative estimate of drug-likeness (QED) is 0.291. The molecule has 0 amide bonds. The number of pyridine rings is 2. The summed E-state index contributed by atoms with van der Waals surface area (Å²) in [5, 5.41) is 13.5. The molecule has 0 spiro atoms. The molecular weight excluding hydrogens is 645 g/mol. The van der Waals surface area contributed by atoms with Gasteiger partial charge < -0.3 is 20.4 Å². The fourth-order valence-corrected chi connectivity index (χ4v) is 3.10. The fraction of sp³-hybridized carbons (Fsp3) is 0.238. The van der Waals surface area contributed by atoms with E-state index in [-0.39, 0.29) is 43.8 Å². The Labute approximate surface area is 203 Å². The Morgan fingerprint density at radius 3 is 1.32 bits per heavy atom. The summed E-state index contributed by atoms with van der Waals surface area (Å²) in [6.45, 7) is 3.56. The monoisotopic (exact) mass is 659 g/mol. The minimum Gasteiger partial charge on any atom is -0.573 e. The van der Waals surface area contributed by atoms with Crippen molar-refractivity contribution in [2.45, 2.75) is 31.6 Å². The fourth-order valence-electron chi connectivity index (χ4n) is 3.10. The van der Waals surface area contributed by atoms with Crippen molar-refractivity contribution in [3.63, 3.8) is 0 Å². The van der Waals surface area contributed by atoms with Crippen LogP contribution in [-0.2, 0) is 38.8 Å².